The zero-order valence-corrected chi connectivity index (χ0v) is 17.5. The Morgan fingerprint density at radius 1 is 1.11 bits per heavy atom. The molecule has 144 valence electrons. The SMILES string of the molecule is Cc1cc(C)c(NC(=S)NCc2ccc(C[NH+]3CCOCC3)cc2)c(Cl)c1. The summed E-state index contributed by atoms with van der Waals surface area (Å²) >= 11 is 11.8. The highest BCUT2D eigenvalue weighted by molar-refractivity contribution is 7.80. The molecule has 0 aliphatic carbocycles. The quantitative estimate of drug-likeness (QED) is 0.670. The van der Waals surface area contributed by atoms with Crippen LogP contribution < -0.4 is 15.5 Å². The lowest BCUT2D eigenvalue weighted by atomic mass is 10.1. The van der Waals surface area contributed by atoms with Crippen molar-refractivity contribution in [2.24, 2.45) is 0 Å². The fourth-order valence-corrected chi connectivity index (χ4v) is 3.86. The molecule has 2 aromatic rings. The third kappa shape index (κ3) is 5.91. The van der Waals surface area contributed by atoms with E-state index in [1.54, 1.807) is 4.90 Å². The third-order valence-corrected chi connectivity index (χ3v) is 5.34. The van der Waals surface area contributed by atoms with Crippen molar-refractivity contribution < 1.29 is 9.64 Å². The van der Waals surface area contributed by atoms with Crippen molar-refractivity contribution in [3.8, 4) is 0 Å². The number of hydrogen-bond acceptors (Lipinski definition) is 2. The van der Waals surface area contributed by atoms with Crippen LogP contribution in [0.2, 0.25) is 5.02 Å². The highest BCUT2D eigenvalue weighted by Crippen LogP contribution is 2.27. The highest BCUT2D eigenvalue weighted by Gasteiger charge is 2.14. The molecule has 0 saturated carbocycles. The maximum absolute atomic E-state index is 6.33. The molecule has 0 radical (unpaired) electrons. The van der Waals surface area contributed by atoms with Crippen LogP contribution in [0.3, 0.4) is 0 Å². The van der Waals surface area contributed by atoms with Gasteiger partial charge in [-0.2, -0.15) is 0 Å². The second-order valence-corrected chi connectivity index (χ2v) is 7.92. The van der Waals surface area contributed by atoms with E-state index in [2.05, 4.69) is 41.0 Å². The van der Waals surface area contributed by atoms with Gasteiger partial charge in [-0.05, 0) is 48.8 Å². The molecule has 2 aromatic carbocycles. The molecule has 0 amide bonds. The van der Waals surface area contributed by atoms with E-state index < -0.39 is 0 Å². The number of aryl methyl sites for hydroxylation is 2. The number of quaternary nitrogens is 1. The molecule has 6 heteroatoms. The number of anilines is 1. The van der Waals surface area contributed by atoms with Crippen LogP contribution in [0.25, 0.3) is 0 Å². The van der Waals surface area contributed by atoms with Crippen LogP contribution >= 0.6 is 23.8 Å². The van der Waals surface area contributed by atoms with E-state index in [1.807, 2.05) is 19.9 Å². The first-order chi connectivity index (χ1) is 13.0. The van der Waals surface area contributed by atoms with Crippen molar-refractivity contribution in [3.63, 3.8) is 0 Å². The molecule has 1 aliphatic heterocycles. The van der Waals surface area contributed by atoms with Gasteiger partial charge in [-0.15, -0.1) is 0 Å². The lowest BCUT2D eigenvalue weighted by Gasteiger charge is -2.23. The summed E-state index contributed by atoms with van der Waals surface area (Å²) in [4.78, 5) is 1.59. The largest absolute Gasteiger partial charge is 0.370 e. The Morgan fingerprint density at radius 2 is 1.78 bits per heavy atom. The lowest BCUT2D eigenvalue weighted by Crippen LogP contribution is -3.12. The summed E-state index contributed by atoms with van der Waals surface area (Å²) in [6, 6.07) is 12.8. The van der Waals surface area contributed by atoms with Gasteiger partial charge in [0, 0.05) is 12.1 Å². The minimum atomic E-state index is 0.575. The Morgan fingerprint density at radius 3 is 2.44 bits per heavy atom. The molecular formula is C21H27ClN3OS+. The minimum absolute atomic E-state index is 0.575. The van der Waals surface area contributed by atoms with Gasteiger partial charge in [0.25, 0.3) is 0 Å². The summed E-state index contributed by atoms with van der Waals surface area (Å²) in [5.74, 6) is 0. The number of morpholine rings is 1. The fourth-order valence-electron chi connectivity index (χ4n) is 3.31. The van der Waals surface area contributed by atoms with Crippen LogP contribution in [0, 0.1) is 13.8 Å². The first-order valence-corrected chi connectivity index (χ1v) is 10.1. The molecule has 27 heavy (non-hydrogen) atoms. The van der Waals surface area contributed by atoms with Gasteiger partial charge in [-0.1, -0.05) is 41.9 Å². The number of nitrogens with one attached hydrogen (secondary N) is 3. The summed E-state index contributed by atoms with van der Waals surface area (Å²) in [6.45, 7) is 9.71. The van der Waals surface area contributed by atoms with Crippen molar-refractivity contribution >= 4 is 34.6 Å². The van der Waals surface area contributed by atoms with Gasteiger partial charge >= 0.3 is 0 Å². The summed E-state index contributed by atoms with van der Waals surface area (Å²) < 4.78 is 5.42. The van der Waals surface area contributed by atoms with Gasteiger partial charge in [0.15, 0.2) is 5.11 Å². The van der Waals surface area contributed by atoms with E-state index >= 15 is 0 Å². The van der Waals surface area contributed by atoms with Gasteiger partial charge < -0.3 is 20.3 Å². The molecule has 1 heterocycles. The molecule has 1 saturated heterocycles. The second-order valence-electron chi connectivity index (χ2n) is 7.10. The smallest absolute Gasteiger partial charge is 0.171 e. The molecule has 0 unspecified atom stereocenters. The Hall–Kier alpha value is -1.66. The summed E-state index contributed by atoms with van der Waals surface area (Å²) in [5, 5.41) is 7.73. The molecule has 3 N–H and O–H groups in total. The van der Waals surface area contributed by atoms with Crippen molar-refractivity contribution in [1.29, 1.82) is 0 Å². The maximum Gasteiger partial charge on any atom is 0.171 e. The number of hydrogen-bond donors (Lipinski definition) is 3. The van der Waals surface area contributed by atoms with Crippen molar-refractivity contribution in [2.75, 3.05) is 31.6 Å². The number of thiocarbonyl (C=S) groups is 1. The standard InChI is InChI=1S/C21H26ClN3OS/c1-15-11-16(2)20(19(22)12-15)24-21(27)23-13-17-3-5-18(6-4-17)14-25-7-9-26-10-8-25/h3-6,11-12H,7-10,13-14H2,1-2H3,(H2,23,24,27)/p+1. The van der Waals surface area contributed by atoms with Crippen LogP contribution in [-0.2, 0) is 17.8 Å². The summed E-state index contributed by atoms with van der Waals surface area (Å²) in [6.07, 6.45) is 0. The second kappa shape index (κ2) is 9.51. The highest BCUT2D eigenvalue weighted by atomic mass is 35.5. The van der Waals surface area contributed by atoms with Crippen LogP contribution in [0.15, 0.2) is 36.4 Å². The van der Waals surface area contributed by atoms with Gasteiger partial charge in [-0.25, -0.2) is 0 Å². The molecule has 4 nitrogen and oxygen atoms in total. The van der Waals surface area contributed by atoms with E-state index in [0.29, 0.717) is 16.7 Å². The summed E-state index contributed by atoms with van der Waals surface area (Å²) in [7, 11) is 0. The molecule has 0 atom stereocenters. The van der Waals surface area contributed by atoms with E-state index in [1.165, 1.54) is 11.1 Å². The van der Waals surface area contributed by atoms with Crippen molar-refractivity contribution in [2.45, 2.75) is 26.9 Å². The summed E-state index contributed by atoms with van der Waals surface area (Å²) in [5.41, 5.74) is 5.65. The van der Waals surface area contributed by atoms with Crippen LogP contribution in [0.1, 0.15) is 22.3 Å². The van der Waals surface area contributed by atoms with E-state index in [9.17, 15) is 0 Å². The molecule has 1 aliphatic rings. The Bertz CT molecular complexity index is 766. The van der Waals surface area contributed by atoms with Crippen LogP contribution in [0.4, 0.5) is 5.69 Å². The Labute approximate surface area is 171 Å². The third-order valence-electron chi connectivity index (χ3n) is 4.80. The van der Waals surface area contributed by atoms with Crippen LogP contribution in [-0.4, -0.2) is 31.4 Å². The molecule has 3 rings (SSSR count). The molecule has 0 bridgehead atoms. The zero-order chi connectivity index (χ0) is 19.2. The van der Waals surface area contributed by atoms with Crippen molar-refractivity contribution in [3.05, 3.63) is 63.7 Å². The van der Waals surface area contributed by atoms with E-state index in [4.69, 9.17) is 28.6 Å². The predicted octanol–water partition coefficient (Wildman–Crippen LogP) is 2.86. The zero-order valence-electron chi connectivity index (χ0n) is 15.9. The van der Waals surface area contributed by atoms with Gasteiger partial charge in [0.2, 0.25) is 0 Å². The molecule has 0 spiro atoms. The average molecular weight is 405 g/mol. The monoisotopic (exact) mass is 404 g/mol. The Kier molecular flexibility index (Phi) is 7.07. The number of benzene rings is 2. The predicted molar refractivity (Wildman–Crippen MR) is 116 cm³/mol. The van der Waals surface area contributed by atoms with Gasteiger partial charge in [-0.3, -0.25) is 0 Å². The topological polar surface area (TPSA) is 37.7 Å². The number of halogens is 1. The number of rotatable bonds is 5. The average Bonchev–Trinajstić information content (AvgIpc) is 2.65. The Balaban J connectivity index is 1.50. The number of ether oxygens (including phenoxy) is 1. The van der Waals surface area contributed by atoms with E-state index in [-0.39, 0.29) is 0 Å². The van der Waals surface area contributed by atoms with Crippen molar-refractivity contribution in [1.82, 2.24) is 5.32 Å². The van der Waals surface area contributed by atoms with Crippen LogP contribution in [0.5, 0.6) is 0 Å². The van der Waals surface area contributed by atoms with Gasteiger partial charge in [0.05, 0.1) is 23.9 Å². The van der Waals surface area contributed by atoms with E-state index in [0.717, 1.165) is 49.7 Å². The normalized spacial score (nSPS) is 14.8. The maximum atomic E-state index is 6.33. The molecule has 0 aromatic heterocycles. The molecule has 1 fully saturated rings. The molecular weight excluding hydrogens is 378 g/mol. The van der Waals surface area contributed by atoms with Gasteiger partial charge in [0.1, 0.15) is 19.6 Å². The minimum Gasteiger partial charge on any atom is -0.370 e. The lowest BCUT2D eigenvalue weighted by molar-refractivity contribution is -0.921. The first-order valence-electron chi connectivity index (χ1n) is 9.32. The first kappa shape index (κ1) is 20.1. The fraction of sp³-hybridized carbons (Fsp3) is 0.381.